The minimum absolute atomic E-state index is 0.595. The van der Waals surface area contributed by atoms with E-state index in [4.69, 9.17) is 0 Å². The summed E-state index contributed by atoms with van der Waals surface area (Å²) >= 11 is 1.73. The summed E-state index contributed by atoms with van der Waals surface area (Å²) < 4.78 is 0. The molecule has 20 heavy (non-hydrogen) atoms. The van der Waals surface area contributed by atoms with Crippen LogP contribution in [0.5, 0.6) is 0 Å². The van der Waals surface area contributed by atoms with E-state index in [0.717, 1.165) is 18.1 Å². The SMILES string of the molecule is CCc1csc(NCC(C(C)C)N2CCN(C)CC2)n1. The minimum atomic E-state index is 0.595. The number of aryl methyl sites for hydroxylation is 1. The number of rotatable bonds is 6. The van der Waals surface area contributed by atoms with Gasteiger partial charge in [-0.05, 0) is 19.4 Å². The van der Waals surface area contributed by atoms with Crippen molar-refractivity contribution in [3.63, 3.8) is 0 Å². The van der Waals surface area contributed by atoms with Gasteiger partial charge in [0, 0.05) is 44.1 Å². The normalized spacial score (nSPS) is 19.4. The molecule has 0 spiro atoms. The van der Waals surface area contributed by atoms with Gasteiger partial charge in [0.05, 0.1) is 5.69 Å². The zero-order chi connectivity index (χ0) is 14.5. The van der Waals surface area contributed by atoms with Gasteiger partial charge in [0.15, 0.2) is 5.13 Å². The fourth-order valence-corrected chi connectivity index (χ4v) is 3.49. The Hall–Kier alpha value is -0.650. The van der Waals surface area contributed by atoms with Crippen molar-refractivity contribution < 1.29 is 0 Å². The van der Waals surface area contributed by atoms with Gasteiger partial charge < -0.3 is 10.2 Å². The maximum Gasteiger partial charge on any atom is 0.182 e. The fourth-order valence-electron chi connectivity index (χ4n) is 2.68. The Kier molecular flexibility index (Phi) is 5.81. The zero-order valence-electron chi connectivity index (χ0n) is 13.2. The first kappa shape index (κ1) is 15.7. The number of piperazine rings is 1. The van der Waals surface area contributed by atoms with Gasteiger partial charge in [-0.15, -0.1) is 11.3 Å². The van der Waals surface area contributed by atoms with Gasteiger partial charge in [-0.1, -0.05) is 20.8 Å². The number of hydrogen-bond acceptors (Lipinski definition) is 5. The standard InChI is InChI=1S/C15H28N4S/c1-5-13-11-20-15(17-13)16-10-14(12(2)3)19-8-6-18(4)7-9-19/h11-12,14H,5-10H2,1-4H3,(H,16,17). The lowest BCUT2D eigenvalue weighted by Crippen LogP contribution is -2.52. The van der Waals surface area contributed by atoms with Gasteiger partial charge in [-0.3, -0.25) is 4.90 Å². The van der Waals surface area contributed by atoms with E-state index in [1.165, 1.54) is 31.9 Å². The van der Waals surface area contributed by atoms with E-state index in [1.54, 1.807) is 11.3 Å². The summed E-state index contributed by atoms with van der Waals surface area (Å²) in [6.07, 6.45) is 1.02. The molecule has 1 aliphatic heterocycles. The Labute approximate surface area is 127 Å². The molecular weight excluding hydrogens is 268 g/mol. The van der Waals surface area contributed by atoms with Gasteiger partial charge in [-0.25, -0.2) is 4.98 Å². The molecule has 1 aliphatic rings. The first-order valence-electron chi connectivity index (χ1n) is 7.71. The third-order valence-electron chi connectivity index (χ3n) is 4.15. The first-order chi connectivity index (χ1) is 9.60. The largest absolute Gasteiger partial charge is 0.360 e. The van der Waals surface area contributed by atoms with Gasteiger partial charge in [0.25, 0.3) is 0 Å². The Morgan fingerprint density at radius 3 is 2.55 bits per heavy atom. The molecule has 1 aromatic heterocycles. The lowest BCUT2D eigenvalue weighted by Gasteiger charge is -2.39. The van der Waals surface area contributed by atoms with Crippen molar-refractivity contribution in [3.05, 3.63) is 11.1 Å². The molecule has 0 aromatic carbocycles. The van der Waals surface area contributed by atoms with Crippen LogP contribution in [0, 0.1) is 5.92 Å². The lowest BCUT2D eigenvalue weighted by atomic mass is 10.0. The monoisotopic (exact) mass is 296 g/mol. The molecule has 1 unspecified atom stereocenters. The summed E-state index contributed by atoms with van der Waals surface area (Å²) in [5.74, 6) is 0.663. The van der Waals surface area contributed by atoms with E-state index >= 15 is 0 Å². The van der Waals surface area contributed by atoms with E-state index in [1.807, 2.05) is 0 Å². The van der Waals surface area contributed by atoms with Crippen LogP contribution >= 0.6 is 11.3 Å². The van der Waals surface area contributed by atoms with Gasteiger partial charge in [0.1, 0.15) is 0 Å². The number of thiazole rings is 1. The van der Waals surface area contributed by atoms with Crippen molar-refractivity contribution in [1.29, 1.82) is 0 Å². The van der Waals surface area contributed by atoms with Crippen LogP contribution in [0.1, 0.15) is 26.5 Å². The molecule has 2 heterocycles. The highest BCUT2D eigenvalue weighted by molar-refractivity contribution is 7.13. The lowest BCUT2D eigenvalue weighted by molar-refractivity contribution is 0.0944. The Morgan fingerprint density at radius 1 is 1.30 bits per heavy atom. The quantitative estimate of drug-likeness (QED) is 0.873. The number of anilines is 1. The fraction of sp³-hybridized carbons (Fsp3) is 0.800. The molecule has 1 atom stereocenters. The second kappa shape index (κ2) is 7.38. The summed E-state index contributed by atoms with van der Waals surface area (Å²) in [4.78, 5) is 9.64. The van der Waals surface area contributed by atoms with Crippen molar-refractivity contribution >= 4 is 16.5 Å². The first-order valence-corrected chi connectivity index (χ1v) is 8.59. The van der Waals surface area contributed by atoms with Crippen molar-refractivity contribution in [2.24, 2.45) is 5.92 Å². The van der Waals surface area contributed by atoms with E-state index < -0.39 is 0 Å². The number of nitrogens with zero attached hydrogens (tertiary/aromatic N) is 3. The van der Waals surface area contributed by atoms with E-state index in [-0.39, 0.29) is 0 Å². The third kappa shape index (κ3) is 4.17. The highest BCUT2D eigenvalue weighted by atomic mass is 32.1. The Bertz CT molecular complexity index is 396. The summed E-state index contributed by atoms with van der Waals surface area (Å²) in [5, 5.41) is 6.77. The molecule has 0 amide bonds. The molecule has 114 valence electrons. The second-order valence-corrected chi connectivity index (χ2v) is 6.89. The highest BCUT2D eigenvalue weighted by Gasteiger charge is 2.24. The van der Waals surface area contributed by atoms with Crippen LogP contribution in [0.2, 0.25) is 0 Å². The van der Waals surface area contributed by atoms with Crippen LogP contribution in [0.3, 0.4) is 0 Å². The van der Waals surface area contributed by atoms with E-state index in [0.29, 0.717) is 12.0 Å². The number of hydrogen-bond donors (Lipinski definition) is 1. The molecule has 1 N–H and O–H groups in total. The van der Waals surface area contributed by atoms with E-state index in [9.17, 15) is 0 Å². The maximum absolute atomic E-state index is 4.60. The molecule has 1 saturated heterocycles. The molecule has 0 saturated carbocycles. The number of likely N-dealkylation sites (N-methyl/N-ethyl adjacent to an activating group) is 1. The predicted octanol–water partition coefficient (Wildman–Crippen LogP) is 2.39. The molecule has 4 nitrogen and oxygen atoms in total. The topological polar surface area (TPSA) is 31.4 Å². The minimum Gasteiger partial charge on any atom is -0.360 e. The van der Waals surface area contributed by atoms with Crippen LogP contribution < -0.4 is 5.32 Å². The smallest absolute Gasteiger partial charge is 0.182 e. The molecule has 5 heteroatoms. The summed E-state index contributed by atoms with van der Waals surface area (Å²) in [6, 6.07) is 0.595. The number of nitrogens with one attached hydrogen (secondary N) is 1. The van der Waals surface area contributed by atoms with Gasteiger partial charge in [0.2, 0.25) is 0 Å². The summed E-state index contributed by atoms with van der Waals surface area (Å²) in [5.41, 5.74) is 1.19. The van der Waals surface area contributed by atoms with Crippen molar-refractivity contribution in [1.82, 2.24) is 14.8 Å². The van der Waals surface area contributed by atoms with Crippen molar-refractivity contribution in [2.75, 3.05) is 45.1 Å². The molecule has 1 fully saturated rings. The average Bonchev–Trinajstić information content (AvgIpc) is 2.88. The molecule has 0 radical (unpaired) electrons. The van der Waals surface area contributed by atoms with Gasteiger partial charge in [-0.2, -0.15) is 0 Å². The van der Waals surface area contributed by atoms with Gasteiger partial charge >= 0.3 is 0 Å². The van der Waals surface area contributed by atoms with Crippen LogP contribution in [0.4, 0.5) is 5.13 Å². The van der Waals surface area contributed by atoms with Crippen molar-refractivity contribution in [3.8, 4) is 0 Å². The molecule has 0 bridgehead atoms. The molecule has 2 rings (SSSR count). The van der Waals surface area contributed by atoms with Crippen molar-refractivity contribution in [2.45, 2.75) is 33.2 Å². The third-order valence-corrected chi connectivity index (χ3v) is 5.00. The Morgan fingerprint density at radius 2 is 2.00 bits per heavy atom. The average molecular weight is 296 g/mol. The second-order valence-electron chi connectivity index (χ2n) is 6.03. The summed E-state index contributed by atoms with van der Waals surface area (Å²) in [7, 11) is 2.21. The van der Waals surface area contributed by atoms with Crippen LogP contribution in [-0.4, -0.2) is 60.6 Å². The molecule has 1 aromatic rings. The zero-order valence-corrected chi connectivity index (χ0v) is 14.0. The van der Waals surface area contributed by atoms with Crippen LogP contribution in [0.25, 0.3) is 0 Å². The Balaban J connectivity index is 1.89. The predicted molar refractivity (Wildman–Crippen MR) is 87.7 cm³/mol. The highest BCUT2D eigenvalue weighted by Crippen LogP contribution is 2.18. The van der Waals surface area contributed by atoms with Crippen LogP contribution in [-0.2, 0) is 6.42 Å². The molecule has 0 aliphatic carbocycles. The number of aromatic nitrogens is 1. The van der Waals surface area contributed by atoms with E-state index in [2.05, 4.69) is 53.3 Å². The summed E-state index contributed by atoms with van der Waals surface area (Å²) in [6.45, 7) is 12.5. The van der Waals surface area contributed by atoms with Crippen LogP contribution in [0.15, 0.2) is 5.38 Å². The molecular formula is C15H28N4S. The maximum atomic E-state index is 4.60.